The topological polar surface area (TPSA) is 93.4 Å². The Hall–Kier alpha value is -2.39. The molecule has 1 aromatic carbocycles. The van der Waals surface area contributed by atoms with Crippen molar-refractivity contribution in [2.24, 2.45) is 0 Å². The minimum atomic E-state index is -0.878. The van der Waals surface area contributed by atoms with Crippen LogP contribution in [0.4, 0.5) is 0 Å². The first-order valence-electron chi connectivity index (χ1n) is 6.78. The number of nitrogens with zero attached hydrogens (tertiary/aromatic N) is 2. The van der Waals surface area contributed by atoms with E-state index >= 15 is 0 Å². The molecule has 1 amide bonds. The van der Waals surface area contributed by atoms with Crippen molar-refractivity contribution in [3.63, 3.8) is 0 Å². The predicted molar refractivity (Wildman–Crippen MR) is 75.3 cm³/mol. The summed E-state index contributed by atoms with van der Waals surface area (Å²) in [6, 6.07) is 9.38. The van der Waals surface area contributed by atoms with E-state index in [0.717, 1.165) is 11.1 Å². The number of rotatable bonds is 5. The van der Waals surface area contributed by atoms with E-state index in [1.165, 1.54) is 0 Å². The molecule has 0 fully saturated rings. The smallest absolute Gasteiger partial charge is 0.312 e. The molecule has 1 atom stereocenters. The lowest BCUT2D eigenvalue weighted by molar-refractivity contribution is -0.140. The Labute approximate surface area is 123 Å². The van der Waals surface area contributed by atoms with Gasteiger partial charge in [-0.2, -0.15) is 5.26 Å². The lowest BCUT2D eigenvalue weighted by Crippen LogP contribution is -2.43. The second kappa shape index (κ2) is 6.86. The molecule has 0 spiro atoms. The molecule has 0 bridgehead atoms. The largest absolute Gasteiger partial charge is 0.481 e. The molecule has 0 aromatic heterocycles. The van der Waals surface area contributed by atoms with Gasteiger partial charge < -0.3 is 10.4 Å². The van der Waals surface area contributed by atoms with Gasteiger partial charge in [0.1, 0.15) is 0 Å². The third-order valence-electron chi connectivity index (χ3n) is 3.49. The van der Waals surface area contributed by atoms with Gasteiger partial charge in [0.15, 0.2) is 0 Å². The maximum Gasteiger partial charge on any atom is 0.312 e. The fraction of sp³-hybridized carbons (Fsp3) is 0.400. The van der Waals surface area contributed by atoms with Gasteiger partial charge in [-0.25, -0.2) is 0 Å². The highest BCUT2D eigenvalue weighted by molar-refractivity contribution is 5.79. The first kappa shape index (κ1) is 15.0. The number of fused-ring (bicyclic) bond motifs is 1. The zero-order chi connectivity index (χ0) is 15.2. The van der Waals surface area contributed by atoms with Gasteiger partial charge in [-0.15, -0.1) is 0 Å². The maximum absolute atomic E-state index is 11.8. The number of carboxylic acids is 1. The van der Waals surface area contributed by atoms with E-state index in [-0.39, 0.29) is 18.9 Å². The Bertz CT molecular complexity index is 580. The van der Waals surface area contributed by atoms with E-state index in [0.29, 0.717) is 19.6 Å². The summed E-state index contributed by atoms with van der Waals surface area (Å²) in [5.41, 5.74) is 1.77. The number of nitriles is 1. The normalized spacial score (nSPS) is 17.6. The monoisotopic (exact) mass is 287 g/mol. The summed E-state index contributed by atoms with van der Waals surface area (Å²) >= 11 is 0. The lowest BCUT2D eigenvalue weighted by Gasteiger charge is -2.32. The van der Waals surface area contributed by atoms with Gasteiger partial charge in [-0.3, -0.25) is 14.5 Å². The molecule has 21 heavy (non-hydrogen) atoms. The second-order valence-corrected chi connectivity index (χ2v) is 5.02. The van der Waals surface area contributed by atoms with Gasteiger partial charge in [0, 0.05) is 19.6 Å². The molecule has 1 unspecified atom stereocenters. The van der Waals surface area contributed by atoms with Gasteiger partial charge in [-0.05, 0) is 11.1 Å². The number of carboxylic acid groups (broad SMARTS) is 1. The average Bonchev–Trinajstić information content (AvgIpc) is 2.46. The van der Waals surface area contributed by atoms with Gasteiger partial charge in [-0.1, -0.05) is 24.3 Å². The van der Waals surface area contributed by atoms with E-state index in [9.17, 15) is 14.7 Å². The highest BCUT2D eigenvalue weighted by Crippen LogP contribution is 2.28. The molecule has 2 N–H and O–H groups in total. The summed E-state index contributed by atoms with van der Waals surface area (Å²) in [4.78, 5) is 25.0. The number of hydrogen-bond acceptors (Lipinski definition) is 4. The lowest BCUT2D eigenvalue weighted by atomic mass is 9.90. The van der Waals surface area contributed by atoms with Crippen LogP contribution in [0.3, 0.4) is 0 Å². The zero-order valence-corrected chi connectivity index (χ0v) is 11.6. The van der Waals surface area contributed by atoms with Crippen molar-refractivity contribution in [1.29, 1.82) is 5.26 Å². The van der Waals surface area contributed by atoms with Crippen LogP contribution in [0, 0.1) is 11.3 Å². The summed E-state index contributed by atoms with van der Waals surface area (Å²) < 4.78 is 0. The second-order valence-electron chi connectivity index (χ2n) is 5.02. The van der Waals surface area contributed by atoms with Crippen LogP contribution in [0.15, 0.2) is 24.3 Å². The quantitative estimate of drug-likeness (QED) is 0.778. The Kier molecular flexibility index (Phi) is 4.90. The molecule has 110 valence electrons. The molecule has 1 aliphatic heterocycles. The summed E-state index contributed by atoms with van der Waals surface area (Å²) in [6.45, 7) is 1.34. The molecule has 0 saturated carbocycles. The van der Waals surface area contributed by atoms with Gasteiger partial charge in [0.05, 0.1) is 25.0 Å². The molecule has 1 aromatic rings. The number of carbonyl (C=O) groups is 2. The number of carbonyl (C=O) groups excluding carboxylic acids is 1. The number of aliphatic carboxylic acids is 1. The van der Waals surface area contributed by atoms with E-state index in [1.807, 2.05) is 35.2 Å². The summed E-state index contributed by atoms with van der Waals surface area (Å²) in [6.07, 6.45) is 0.270. The highest BCUT2D eigenvalue weighted by atomic mass is 16.4. The van der Waals surface area contributed by atoms with Crippen molar-refractivity contribution < 1.29 is 14.7 Å². The Balaban J connectivity index is 2.03. The number of amides is 1. The first-order valence-corrected chi connectivity index (χ1v) is 6.78. The third-order valence-corrected chi connectivity index (χ3v) is 3.49. The van der Waals surface area contributed by atoms with Crippen molar-refractivity contribution >= 4 is 11.9 Å². The van der Waals surface area contributed by atoms with Gasteiger partial charge in [0.2, 0.25) is 5.91 Å². The molecule has 2 rings (SSSR count). The summed E-state index contributed by atoms with van der Waals surface area (Å²) in [5, 5.41) is 20.4. The number of hydrogen-bond donors (Lipinski definition) is 2. The van der Waals surface area contributed by atoms with Gasteiger partial charge in [0.25, 0.3) is 0 Å². The summed E-state index contributed by atoms with van der Waals surface area (Å²) in [5.74, 6) is -1.67. The molecule has 0 saturated heterocycles. The van der Waals surface area contributed by atoms with Crippen LogP contribution >= 0.6 is 0 Å². The van der Waals surface area contributed by atoms with E-state index < -0.39 is 11.9 Å². The fourth-order valence-electron chi connectivity index (χ4n) is 2.53. The van der Waals surface area contributed by atoms with Crippen molar-refractivity contribution in [2.75, 3.05) is 19.6 Å². The molecule has 0 radical (unpaired) electrons. The summed E-state index contributed by atoms with van der Waals surface area (Å²) in [7, 11) is 0. The van der Waals surface area contributed by atoms with E-state index in [2.05, 4.69) is 5.32 Å². The SMILES string of the molecule is N#CCCNC(=O)CN1Cc2ccccc2C(C(=O)O)C1. The number of nitrogens with one attached hydrogen (secondary N) is 1. The Morgan fingerprint density at radius 2 is 2.19 bits per heavy atom. The average molecular weight is 287 g/mol. The first-order chi connectivity index (χ1) is 10.1. The minimum Gasteiger partial charge on any atom is -0.481 e. The standard InChI is InChI=1S/C15H17N3O3/c16-6-3-7-17-14(19)10-18-8-11-4-1-2-5-12(11)13(9-18)15(20)21/h1-2,4-5,13H,3,7-10H2,(H,17,19)(H,20,21). The van der Waals surface area contributed by atoms with E-state index in [1.54, 1.807) is 0 Å². The van der Waals surface area contributed by atoms with Crippen molar-refractivity contribution in [3.05, 3.63) is 35.4 Å². The van der Waals surface area contributed by atoms with Crippen LogP contribution < -0.4 is 5.32 Å². The zero-order valence-electron chi connectivity index (χ0n) is 11.6. The number of benzene rings is 1. The molecule has 0 aliphatic carbocycles. The molecule has 1 aliphatic rings. The van der Waals surface area contributed by atoms with Crippen LogP contribution in [0.25, 0.3) is 0 Å². The van der Waals surface area contributed by atoms with Gasteiger partial charge >= 0.3 is 5.97 Å². The Morgan fingerprint density at radius 1 is 1.43 bits per heavy atom. The Morgan fingerprint density at radius 3 is 2.90 bits per heavy atom. The molecular weight excluding hydrogens is 270 g/mol. The van der Waals surface area contributed by atoms with Crippen molar-refractivity contribution in [2.45, 2.75) is 18.9 Å². The molecule has 1 heterocycles. The molecule has 6 nitrogen and oxygen atoms in total. The highest BCUT2D eigenvalue weighted by Gasteiger charge is 2.30. The van der Waals surface area contributed by atoms with Crippen LogP contribution in [0.5, 0.6) is 0 Å². The minimum absolute atomic E-state index is 0.142. The van der Waals surface area contributed by atoms with Crippen molar-refractivity contribution in [3.8, 4) is 6.07 Å². The predicted octanol–water partition coefficient (Wildman–Crippen LogP) is 0.700. The van der Waals surface area contributed by atoms with Crippen molar-refractivity contribution in [1.82, 2.24) is 10.2 Å². The molecular formula is C15H17N3O3. The third kappa shape index (κ3) is 3.80. The van der Waals surface area contributed by atoms with Crippen LogP contribution in [-0.4, -0.2) is 41.5 Å². The van der Waals surface area contributed by atoms with Crippen LogP contribution in [-0.2, 0) is 16.1 Å². The fourth-order valence-corrected chi connectivity index (χ4v) is 2.53. The van der Waals surface area contributed by atoms with E-state index in [4.69, 9.17) is 5.26 Å². The maximum atomic E-state index is 11.8. The molecule has 6 heteroatoms. The van der Waals surface area contributed by atoms with Crippen LogP contribution in [0.1, 0.15) is 23.5 Å². The van der Waals surface area contributed by atoms with Crippen LogP contribution in [0.2, 0.25) is 0 Å².